The first kappa shape index (κ1) is 12.6. The average molecular weight is 308 g/mol. The fourth-order valence-electron chi connectivity index (χ4n) is 1.36. The molecule has 1 aromatic heterocycles. The summed E-state index contributed by atoms with van der Waals surface area (Å²) in [7, 11) is 1.54. The fraction of sp³-hybridized carbons (Fsp3) is 0.0769. The van der Waals surface area contributed by atoms with E-state index in [9.17, 15) is 4.79 Å². The molecule has 0 radical (unpaired) electrons. The van der Waals surface area contributed by atoms with E-state index in [-0.39, 0.29) is 0 Å². The maximum Gasteiger partial charge on any atom is 0.343 e. The van der Waals surface area contributed by atoms with Crippen LogP contribution in [0.15, 0.2) is 47.2 Å². The Morgan fingerprint density at radius 2 is 2.06 bits per heavy atom. The van der Waals surface area contributed by atoms with Crippen LogP contribution in [-0.2, 0) is 0 Å². The Hall–Kier alpha value is -1.88. The highest BCUT2D eigenvalue weighted by Gasteiger charge is 2.09. The molecule has 0 saturated carbocycles. The maximum absolute atomic E-state index is 11.9. The number of carbonyl (C=O) groups is 1. The minimum absolute atomic E-state index is 0.386. The van der Waals surface area contributed by atoms with E-state index in [1.54, 1.807) is 43.6 Å². The molecule has 0 bridgehead atoms. The lowest BCUT2D eigenvalue weighted by Gasteiger charge is -2.05. The molecule has 0 amide bonds. The number of aromatic nitrogens is 1. The highest BCUT2D eigenvalue weighted by Crippen LogP contribution is 2.18. The van der Waals surface area contributed by atoms with Crippen LogP contribution in [0.3, 0.4) is 0 Å². The first-order chi connectivity index (χ1) is 8.69. The normalized spacial score (nSPS) is 9.89. The molecule has 0 aliphatic rings. The van der Waals surface area contributed by atoms with Gasteiger partial charge in [0.1, 0.15) is 5.75 Å². The highest BCUT2D eigenvalue weighted by molar-refractivity contribution is 9.10. The number of hydrogen-bond donors (Lipinski definition) is 0. The second kappa shape index (κ2) is 5.64. The van der Waals surface area contributed by atoms with Crippen molar-refractivity contribution in [1.82, 2.24) is 4.98 Å². The molecule has 0 aliphatic carbocycles. The number of carbonyl (C=O) groups excluding carboxylic acids is 1. The van der Waals surface area contributed by atoms with Gasteiger partial charge in [-0.1, -0.05) is 6.07 Å². The lowest BCUT2D eigenvalue weighted by Crippen LogP contribution is -2.08. The molecule has 0 saturated heterocycles. The molecule has 4 nitrogen and oxygen atoms in total. The van der Waals surface area contributed by atoms with E-state index in [0.717, 1.165) is 4.47 Å². The van der Waals surface area contributed by atoms with Gasteiger partial charge in [-0.05, 0) is 40.2 Å². The van der Waals surface area contributed by atoms with Gasteiger partial charge in [-0.15, -0.1) is 0 Å². The number of rotatable bonds is 3. The highest BCUT2D eigenvalue weighted by atomic mass is 79.9. The quantitative estimate of drug-likeness (QED) is 0.818. The summed E-state index contributed by atoms with van der Waals surface area (Å²) in [6, 6.07) is 8.45. The summed E-state index contributed by atoms with van der Waals surface area (Å²) < 4.78 is 11.0. The van der Waals surface area contributed by atoms with Crippen molar-refractivity contribution in [2.24, 2.45) is 0 Å². The molecule has 0 atom stereocenters. The Labute approximate surface area is 113 Å². The van der Waals surface area contributed by atoms with Gasteiger partial charge < -0.3 is 9.47 Å². The van der Waals surface area contributed by atoms with E-state index in [4.69, 9.17) is 9.47 Å². The van der Waals surface area contributed by atoms with E-state index >= 15 is 0 Å². The van der Waals surface area contributed by atoms with E-state index < -0.39 is 5.97 Å². The molecule has 0 unspecified atom stereocenters. The third kappa shape index (κ3) is 3.07. The summed E-state index contributed by atoms with van der Waals surface area (Å²) in [5.74, 6) is 0.544. The maximum atomic E-state index is 11.9. The van der Waals surface area contributed by atoms with Gasteiger partial charge >= 0.3 is 5.97 Å². The van der Waals surface area contributed by atoms with Gasteiger partial charge in [-0.3, -0.25) is 4.98 Å². The molecule has 0 aliphatic heterocycles. The topological polar surface area (TPSA) is 48.4 Å². The third-order valence-corrected chi connectivity index (χ3v) is 2.63. The second-order valence-corrected chi connectivity index (χ2v) is 4.38. The standard InChI is InChI=1S/C13H10BrNO3/c1-17-11-4-2-3-9(5-11)13(16)18-12-6-10(14)7-15-8-12/h2-8H,1H3. The van der Waals surface area contributed by atoms with Crippen LogP contribution in [0.2, 0.25) is 0 Å². The van der Waals surface area contributed by atoms with Gasteiger partial charge in [0.05, 0.1) is 18.9 Å². The Kier molecular flexibility index (Phi) is 3.94. The zero-order chi connectivity index (χ0) is 13.0. The van der Waals surface area contributed by atoms with Crippen LogP contribution in [0.25, 0.3) is 0 Å². The molecule has 0 N–H and O–H groups in total. The molecule has 0 spiro atoms. The smallest absolute Gasteiger partial charge is 0.343 e. The number of nitrogens with zero attached hydrogens (tertiary/aromatic N) is 1. The molecule has 2 rings (SSSR count). The zero-order valence-corrected chi connectivity index (χ0v) is 11.2. The predicted octanol–water partition coefficient (Wildman–Crippen LogP) is 3.07. The Bertz CT molecular complexity index is 572. The molecule has 5 heteroatoms. The summed E-state index contributed by atoms with van der Waals surface area (Å²) in [5, 5.41) is 0. The Morgan fingerprint density at radius 3 is 2.78 bits per heavy atom. The number of methoxy groups -OCH3 is 1. The molecule has 2 aromatic rings. The fourth-order valence-corrected chi connectivity index (χ4v) is 1.71. The van der Waals surface area contributed by atoms with Crippen molar-refractivity contribution in [2.75, 3.05) is 7.11 Å². The average Bonchev–Trinajstić information content (AvgIpc) is 2.39. The van der Waals surface area contributed by atoms with Crippen molar-refractivity contribution in [2.45, 2.75) is 0 Å². The number of halogens is 1. The zero-order valence-electron chi connectivity index (χ0n) is 9.59. The van der Waals surface area contributed by atoms with Gasteiger partial charge in [-0.2, -0.15) is 0 Å². The van der Waals surface area contributed by atoms with Crippen molar-refractivity contribution < 1.29 is 14.3 Å². The summed E-state index contributed by atoms with van der Waals surface area (Å²) in [6.45, 7) is 0. The molecule has 92 valence electrons. The van der Waals surface area contributed by atoms with Gasteiger partial charge in [-0.25, -0.2) is 4.79 Å². The van der Waals surface area contributed by atoms with Crippen LogP contribution >= 0.6 is 15.9 Å². The SMILES string of the molecule is COc1cccc(C(=O)Oc2cncc(Br)c2)c1. The van der Waals surface area contributed by atoms with Gasteiger partial charge in [0, 0.05) is 10.7 Å². The molecule has 1 heterocycles. The monoisotopic (exact) mass is 307 g/mol. The largest absolute Gasteiger partial charge is 0.497 e. The Morgan fingerprint density at radius 1 is 1.22 bits per heavy atom. The number of benzene rings is 1. The van der Waals surface area contributed by atoms with Crippen molar-refractivity contribution in [3.05, 3.63) is 52.8 Å². The van der Waals surface area contributed by atoms with Crippen molar-refractivity contribution >= 4 is 21.9 Å². The van der Waals surface area contributed by atoms with E-state index in [0.29, 0.717) is 17.1 Å². The third-order valence-electron chi connectivity index (χ3n) is 2.20. The van der Waals surface area contributed by atoms with Gasteiger partial charge in [0.2, 0.25) is 0 Å². The minimum atomic E-state index is -0.450. The van der Waals surface area contributed by atoms with Crippen LogP contribution < -0.4 is 9.47 Å². The van der Waals surface area contributed by atoms with Gasteiger partial charge in [0.15, 0.2) is 5.75 Å². The number of pyridine rings is 1. The van der Waals surface area contributed by atoms with Crippen molar-refractivity contribution in [1.29, 1.82) is 0 Å². The minimum Gasteiger partial charge on any atom is -0.497 e. The van der Waals surface area contributed by atoms with Crippen LogP contribution in [0, 0.1) is 0 Å². The lowest BCUT2D eigenvalue weighted by molar-refractivity contribution is 0.0733. The van der Waals surface area contributed by atoms with E-state index in [1.165, 1.54) is 6.20 Å². The van der Waals surface area contributed by atoms with Gasteiger partial charge in [0.25, 0.3) is 0 Å². The number of hydrogen-bond acceptors (Lipinski definition) is 4. The number of ether oxygens (including phenoxy) is 2. The lowest BCUT2D eigenvalue weighted by atomic mass is 10.2. The molecule has 18 heavy (non-hydrogen) atoms. The molecular weight excluding hydrogens is 298 g/mol. The molecule has 1 aromatic carbocycles. The predicted molar refractivity (Wildman–Crippen MR) is 69.9 cm³/mol. The summed E-state index contributed by atoms with van der Waals surface area (Å²) in [6.07, 6.45) is 3.09. The number of esters is 1. The van der Waals surface area contributed by atoms with E-state index in [1.807, 2.05) is 0 Å². The van der Waals surface area contributed by atoms with Crippen LogP contribution in [-0.4, -0.2) is 18.1 Å². The molecular formula is C13H10BrNO3. The summed E-state index contributed by atoms with van der Waals surface area (Å²) in [4.78, 5) is 15.8. The van der Waals surface area contributed by atoms with Crippen LogP contribution in [0.1, 0.15) is 10.4 Å². The summed E-state index contributed by atoms with van der Waals surface area (Å²) in [5.41, 5.74) is 0.425. The van der Waals surface area contributed by atoms with E-state index in [2.05, 4.69) is 20.9 Å². The first-order valence-corrected chi connectivity index (χ1v) is 5.95. The molecule has 0 fully saturated rings. The van der Waals surface area contributed by atoms with Crippen LogP contribution in [0.5, 0.6) is 11.5 Å². The van der Waals surface area contributed by atoms with Crippen molar-refractivity contribution in [3.63, 3.8) is 0 Å². The first-order valence-electron chi connectivity index (χ1n) is 5.16. The van der Waals surface area contributed by atoms with Crippen molar-refractivity contribution in [3.8, 4) is 11.5 Å². The summed E-state index contributed by atoms with van der Waals surface area (Å²) >= 11 is 3.26. The van der Waals surface area contributed by atoms with Crippen LogP contribution in [0.4, 0.5) is 0 Å². The second-order valence-electron chi connectivity index (χ2n) is 3.46. The Balaban J connectivity index is 2.16.